The predicted molar refractivity (Wildman–Crippen MR) is 94.7 cm³/mol. The van der Waals surface area contributed by atoms with Crippen molar-refractivity contribution in [3.8, 4) is 0 Å². The van der Waals surface area contributed by atoms with Crippen LogP contribution in [0.4, 0.5) is 0 Å². The Hall–Kier alpha value is -1.35. The fourth-order valence-corrected chi connectivity index (χ4v) is 2.53. The largest absolute Gasteiger partial charge is 0.462 e. The Balaban J connectivity index is 2.08. The van der Waals surface area contributed by atoms with Crippen LogP contribution in [-0.2, 0) is 9.47 Å². The summed E-state index contributed by atoms with van der Waals surface area (Å²) in [6, 6.07) is 9.13. The predicted octanol–water partition coefficient (Wildman–Crippen LogP) is 5.39. The monoisotopic (exact) mass is 320 g/mol. The van der Waals surface area contributed by atoms with Gasteiger partial charge in [-0.3, -0.25) is 0 Å². The maximum atomic E-state index is 11.8. The van der Waals surface area contributed by atoms with Crippen LogP contribution in [0.3, 0.4) is 0 Å². The minimum absolute atomic E-state index is 0.241. The Labute approximate surface area is 141 Å². The molecule has 0 saturated carbocycles. The van der Waals surface area contributed by atoms with Crippen molar-refractivity contribution in [3.63, 3.8) is 0 Å². The molecule has 1 unspecified atom stereocenters. The van der Waals surface area contributed by atoms with Crippen LogP contribution in [0.15, 0.2) is 30.3 Å². The highest BCUT2D eigenvalue weighted by Gasteiger charge is 2.08. The molecule has 0 bridgehead atoms. The van der Waals surface area contributed by atoms with E-state index in [1.54, 1.807) is 12.1 Å². The lowest BCUT2D eigenvalue weighted by molar-refractivity contribution is 0.0305. The summed E-state index contributed by atoms with van der Waals surface area (Å²) in [6.07, 6.45) is 9.49. The minimum Gasteiger partial charge on any atom is -0.462 e. The molecule has 0 aliphatic rings. The zero-order valence-corrected chi connectivity index (χ0v) is 14.8. The minimum atomic E-state index is -0.241. The molecule has 0 fully saturated rings. The second kappa shape index (κ2) is 13.1. The molecule has 0 N–H and O–H groups in total. The molecule has 0 aliphatic carbocycles. The molecule has 1 aromatic rings. The lowest BCUT2D eigenvalue weighted by Crippen LogP contribution is -2.14. The van der Waals surface area contributed by atoms with Gasteiger partial charge in [0.15, 0.2) is 0 Å². The molecule has 23 heavy (non-hydrogen) atoms. The molecule has 0 aliphatic heterocycles. The fourth-order valence-electron chi connectivity index (χ4n) is 2.53. The Morgan fingerprint density at radius 3 is 2.35 bits per heavy atom. The normalized spacial score (nSPS) is 12.1. The molecular weight excluding hydrogens is 288 g/mol. The average molecular weight is 320 g/mol. The molecule has 130 valence electrons. The van der Waals surface area contributed by atoms with Crippen molar-refractivity contribution in [2.75, 3.05) is 13.2 Å². The molecule has 1 rings (SSSR count). The third-order valence-electron chi connectivity index (χ3n) is 3.88. The van der Waals surface area contributed by atoms with E-state index in [-0.39, 0.29) is 5.97 Å². The lowest BCUT2D eigenvalue weighted by atomic mass is 10.1. The summed E-state index contributed by atoms with van der Waals surface area (Å²) in [4.78, 5) is 11.8. The second-order valence-electron chi connectivity index (χ2n) is 5.99. The molecule has 0 amide bonds. The highest BCUT2D eigenvalue weighted by atomic mass is 16.5. The Morgan fingerprint density at radius 2 is 1.65 bits per heavy atom. The number of esters is 1. The molecule has 0 radical (unpaired) electrons. The van der Waals surface area contributed by atoms with Gasteiger partial charge in [-0.1, -0.05) is 57.7 Å². The zero-order chi connectivity index (χ0) is 16.8. The van der Waals surface area contributed by atoms with Crippen LogP contribution in [0.25, 0.3) is 0 Å². The van der Waals surface area contributed by atoms with Crippen molar-refractivity contribution in [2.24, 2.45) is 0 Å². The summed E-state index contributed by atoms with van der Waals surface area (Å²) >= 11 is 0. The van der Waals surface area contributed by atoms with Crippen molar-refractivity contribution in [3.05, 3.63) is 35.9 Å². The first-order valence-corrected chi connectivity index (χ1v) is 9.11. The van der Waals surface area contributed by atoms with Crippen molar-refractivity contribution in [1.29, 1.82) is 0 Å². The number of unbranched alkanes of at least 4 members (excludes halogenated alkanes) is 3. The van der Waals surface area contributed by atoms with E-state index in [4.69, 9.17) is 9.47 Å². The van der Waals surface area contributed by atoms with Gasteiger partial charge in [-0.15, -0.1) is 0 Å². The smallest absolute Gasteiger partial charge is 0.338 e. The summed E-state index contributed by atoms with van der Waals surface area (Å²) < 4.78 is 11.2. The number of carbonyl (C=O) groups excluding carboxylic acids is 1. The Morgan fingerprint density at radius 1 is 0.913 bits per heavy atom. The lowest BCUT2D eigenvalue weighted by Gasteiger charge is -2.17. The summed E-state index contributed by atoms with van der Waals surface area (Å²) in [7, 11) is 0. The van der Waals surface area contributed by atoms with Crippen LogP contribution < -0.4 is 0 Å². The van der Waals surface area contributed by atoms with Crippen LogP contribution >= 0.6 is 0 Å². The van der Waals surface area contributed by atoms with E-state index in [0.717, 1.165) is 25.9 Å². The van der Waals surface area contributed by atoms with E-state index in [1.165, 1.54) is 32.1 Å². The quantitative estimate of drug-likeness (QED) is 0.361. The summed E-state index contributed by atoms with van der Waals surface area (Å²) in [5.74, 6) is -0.241. The second-order valence-corrected chi connectivity index (χ2v) is 5.99. The van der Waals surface area contributed by atoms with Gasteiger partial charge in [0, 0.05) is 6.61 Å². The molecule has 1 aromatic carbocycles. The van der Waals surface area contributed by atoms with Gasteiger partial charge in [0.2, 0.25) is 0 Å². The van der Waals surface area contributed by atoms with E-state index in [2.05, 4.69) is 13.8 Å². The third kappa shape index (κ3) is 9.39. The first-order valence-electron chi connectivity index (χ1n) is 9.11. The summed E-state index contributed by atoms with van der Waals surface area (Å²) in [6.45, 7) is 5.66. The molecule has 3 heteroatoms. The maximum absolute atomic E-state index is 11.8. The highest BCUT2D eigenvalue weighted by Crippen LogP contribution is 2.13. The van der Waals surface area contributed by atoms with E-state index >= 15 is 0 Å². The highest BCUT2D eigenvalue weighted by molar-refractivity contribution is 5.89. The van der Waals surface area contributed by atoms with Crippen molar-refractivity contribution < 1.29 is 14.3 Å². The summed E-state index contributed by atoms with van der Waals surface area (Å²) in [5.41, 5.74) is 0.614. The van der Waals surface area contributed by atoms with Gasteiger partial charge in [0.05, 0.1) is 18.3 Å². The number of carbonyl (C=O) groups is 1. The van der Waals surface area contributed by atoms with Gasteiger partial charge in [0.1, 0.15) is 0 Å². The number of ether oxygens (including phenoxy) is 2. The Bertz CT molecular complexity index is 403. The van der Waals surface area contributed by atoms with Crippen LogP contribution in [0, 0.1) is 0 Å². The third-order valence-corrected chi connectivity index (χ3v) is 3.88. The van der Waals surface area contributed by atoms with Gasteiger partial charge in [-0.2, -0.15) is 0 Å². The van der Waals surface area contributed by atoms with Crippen LogP contribution in [0.5, 0.6) is 0 Å². The first-order chi connectivity index (χ1) is 11.3. The van der Waals surface area contributed by atoms with Crippen molar-refractivity contribution >= 4 is 5.97 Å². The average Bonchev–Trinajstić information content (AvgIpc) is 2.58. The summed E-state index contributed by atoms with van der Waals surface area (Å²) in [5, 5.41) is 0. The standard InChI is InChI=1S/C20H32O3/c1-3-5-7-15-19(12-4-2)22-16-10-11-17-23-20(21)18-13-8-6-9-14-18/h6,8-9,13-14,19H,3-5,7,10-12,15-17H2,1-2H3. The fraction of sp³-hybridized carbons (Fsp3) is 0.650. The van der Waals surface area contributed by atoms with Crippen LogP contribution in [0.1, 0.15) is 75.6 Å². The molecule has 3 nitrogen and oxygen atoms in total. The van der Waals surface area contributed by atoms with Gasteiger partial charge in [-0.25, -0.2) is 4.79 Å². The van der Waals surface area contributed by atoms with Gasteiger partial charge in [0.25, 0.3) is 0 Å². The number of hydrogen-bond acceptors (Lipinski definition) is 3. The van der Waals surface area contributed by atoms with E-state index in [0.29, 0.717) is 18.3 Å². The maximum Gasteiger partial charge on any atom is 0.338 e. The van der Waals surface area contributed by atoms with E-state index in [9.17, 15) is 4.79 Å². The van der Waals surface area contributed by atoms with Gasteiger partial charge >= 0.3 is 5.97 Å². The molecule has 0 aromatic heterocycles. The van der Waals surface area contributed by atoms with E-state index in [1.807, 2.05) is 18.2 Å². The molecule has 0 saturated heterocycles. The van der Waals surface area contributed by atoms with E-state index < -0.39 is 0 Å². The molecule has 1 atom stereocenters. The van der Waals surface area contributed by atoms with Crippen molar-refractivity contribution in [2.45, 2.75) is 71.3 Å². The van der Waals surface area contributed by atoms with Gasteiger partial charge < -0.3 is 9.47 Å². The number of benzene rings is 1. The number of rotatable bonds is 13. The van der Waals surface area contributed by atoms with Gasteiger partial charge in [-0.05, 0) is 37.8 Å². The zero-order valence-electron chi connectivity index (χ0n) is 14.8. The molecular formula is C20H32O3. The van der Waals surface area contributed by atoms with Crippen LogP contribution in [-0.4, -0.2) is 25.3 Å². The number of hydrogen-bond donors (Lipinski definition) is 0. The topological polar surface area (TPSA) is 35.5 Å². The SMILES string of the molecule is CCCCCC(CCC)OCCCCOC(=O)c1ccccc1. The van der Waals surface area contributed by atoms with Crippen LogP contribution in [0.2, 0.25) is 0 Å². The first kappa shape index (κ1) is 19.7. The molecule has 0 heterocycles. The Kier molecular flexibility index (Phi) is 11.2. The van der Waals surface area contributed by atoms with Crippen molar-refractivity contribution in [1.82, 2.24) is 0 Å². The molecule has 0 spiro atoms.